The highest BCUT2D eigenvalue weighted by Gasteiger charge is 2.29. The van der Waals surface area contributed by atoms with Crippen molar-refractivity contribution >= 4 is 0 Å². The predicted molar refractivity (Wildman–Crippen MR) is 55.0 cm³/mol. The summed E-state index contributed by atoms with van der Waals surface area (Å²) >= 11 is 0. The number of nitrogens with two attached hydrogens (primary N) is 1. The van der Waals surface area contributed by atoms with Gasteiger partial charge in [0.1, 0.15) is 0 Å². The quantitative estimate of drug-likeness (QED) is 0.742. The molecule has 82 valence electrons. The largest absolute Gasteiger partial charge is 0.381 e. The van der Waals surface area contributed by atoms with Gasteiger partial charge in [-0.15, -0.1) is 0 Å². The topological polar surface area (TPSA) is 44.5 Å². The van der Waals surface area contributed by atoms with Crippen LogP contribution in [0.1, 0.15) is 26.2 Å². The van der Waals surface area contributed by atoms with Crippen LogP contribution in [0.3, 0.4) is 0 Å². The molecule has 2 heterocycles. The third kappa shape index (κ3) is 2.47. The van der Waals surface area contributed by atoms with Crippen LogP contribution >= 0.6 is 0 Å². The molecule has 2 fully saturated rings. The predicted octanol–water partition coefficient (Wildman–Crippen LogP) is 1.17. The smallest absolute Gasteiger partial charge is 0.0551 e. The van der Waals surface area contributed by atoms with Crippen LogP contribution in [0, 0.1) is 11.8 Å². The maximum atomic E-state index is 6.19. The van der Waals surface area contributed by atoms with Gasteiger partial charge in [0.15, 0.2) is 0 Å². The molecule has 4 atom stereocenters. The minimum absolute atomic E-state index is 0.312. The molecule has 0 radical (unpaired) electrons. The molecule has 0 bridgehead atoms. The van der Waals surface area contributed by atoms with E-state index in [-0.39, 0.29) is 0 Å². The summed E-state index contributed by atoms with van der Waals surface area (Å²) in [5, 5.41) is 0. The second kappa shape index (κ2) is 4.60. The minimum Gasteiger partial charge on any atom is -0.381 e. The van der Waals surface area contributed by atoms with Gasteiger partial charge in [0.25, 0.3) is 0 Å². The molecule has 2 aliphatic heterocycles. The molecule has 0 aliphatic carbocycles. The van der Waals surface area contributed by atoms with Gasteiger partial charge < -0.3 is 15.2 Å². The van der Waals surface area contributed by atoms with E-state index in [4.69, 9.17) is 15.2 Å². The average molecular weight is 199 g/mol. The van der Waals surface area contributed by atoms with E-state index < -0.39 is 0 Å². The maximum Gasteiger partial charge on any atom is 0.0551 e. The molecule has 0 spiro atoms. The fraction of sp³-hybridized carbons (Fsp3) is 1.00. The molecule has 2 N–H and O–H groups in total. The van der Waals surface area contributed by atoms with E-state index in [0.717, 1.165) is 32.7 Å². The van der Waals surface area contributed by atoms with Crippen LogP contribution in [0.4, 0.5) is 0 Å². The Balaban J connectivity index is 1.74. The first kappa shape index (κ1) is 10.4. The lowest BCUT2D eigenvalue weighted by Crippen LogP contribution is -2.32. The van der Waals surface area contributed by atoms with Crippen molar-refractivity contribution in [3.8, 4) is 0 Å². The molecule has 14 heavy (non-hydrogen) atoms. The SMILES string of the molecule is CC1CC(C(N)CC2CCOC2)CO1. The zero-order valence-corrected chi connectivity index (χ0v) is 8.95. The monoisotopic (exact) mass is 199 g/mol. The lowest BCUT2D eigenvalue weighted by atomic mass is 9.89. The van der Waals surface area contributed by atoms with Crippen molar-refractivity contribution in [1.82, 2.24) is 0 Å². The van der Waals surface area contributed by atoms with Crippen LogP contribution in [0.15, 0.2) is 0 Å². The Morgan fingerprint density at radius 3 is 2.86 bits per heavy atom. The highest BCUT2D eigenvalue weighted by molar-refractivity contribution is 4.82. The summed E-state index contributed by atoms with van der Waals surface area (Å²) in [5.41, 5.74) is 6.19. The molecule has 0 aromatic heterocycles. The van der Waals surface area contributed by atoms with Crippen LogP contribution in [-0.4, -0.2) is 32.0 Å². The summed E-state index contributed by atoms with van der Waals surface area (Å²) in [4.78, 5) is 0. The van der Waals surface area contributed by atoms with Crippen LogP contribution in [0.2, 0.25) is 0 Å². The van der Waals surface area contributed by atoms with E-state index in [9.17, 15) is 0 Å². The molecule has 3 nitrogen and oxygen atoms in total. The molecular formula is C11H21NO2. The summed E-state index contributed by atoms with van der Waals surface area (Å²) in [6.45, 7) is 4.83. The maximum absolute atomic E-state index is 6.19. The fourth-order valence-electron chi connectivity index (χ4n) is 2.50. The van der Waals surface area contributed by atoms with Crippen molar-refractivity contribution in [3.05, 3.63) is 0 Å². The molecule has 0 amide bonds. The summed E-state index contributed by atoms with van der Waals surface area (Å²) in [7, 11) is 0. The van der Waals surface area contributed by atoms with Crippen molar-refractivity contribution in [2.45, 2.75) is 38.3 Å². The number of hydrogen-bond donors (Lipinski definition) is 1. The van der Waals surface area contributed by atoms with Gasteiger partial charge in [-0.2, -0.15) is 0 Å². The molecule has 4 unspecified atom stereocenters. The van der Waals surface area contributed by atoms with Crippen molar-refractivity contribution in [1.29, 1.82) is 0 Å². The van der Waals surface area contributed by atoms with Crippen molar-refractivity contribution < 1.29 is 9.47 Å². The fourth-order valence-corrected chi connectivity index (χ4v) is 2.50. The van der Waals surface area contributed by atoms with E-state index in [1.165, 1.54) is 6.42 Å². The Hall–Kier alpha value is -0.120. The van der Waals surface area contributed by atoms with Crippen molar-refractivity contribution in [2.75, 3.05) is 19.8 Å². The Morgan fingerprint density at radius 2 is 2.29 bits per heavy atom. The van der Waals surface area contributed by atoms with E-state index in [0.29, 0.717) is 24.0 Å². The van der Waals surface area contributed by atoms with Gasteiger partial charge in [0, 0.05) is 19.3 Å². The minimum atomic E-state index is 0.312. The summed E-state index contributed by atoms with van der Waals surface area (Å²) in [6, 6.07) is 0.312. The summed E-state index contributed by atoms with van der Waals surface area (Å²) in [6.07, 6.45) is 3.85. The van der Waals surface area contributed by atoms with Gasteiger partial charge in [-0.05, 0) is 38.0 Å². The van der Waals surface area contributed by atoms with Gasteiger partial charge in [0.05, 0.1) is 12.7 Å². The van der Waals surface area contributed by atoms with Crippen molar-refractivity contribution in [2.24, 2.45) is 17.6 Å². The van der Waals surface area contributed by atoms with E-state index in [1.54, 1.807) is 0 Å². The molecular weight excluding hydrogens is 178 g/mol. The van der Waals surface area contributed by atoms with Crippen LogP contribution in [-0.2, 0) is 9.47 Å². The zero-order valence-electron chi connectivity index (χ0n) is 8.95. The number of rotatable bonds is 3. The zero-order chi connectivity index (χ0) is 9.97. The lowest BCUT2D eigenvalue weighted by molar-refractivity contribution is 0.117. The highest BCUT2D eigenvalue weighted by Crippen LogP contribution is 2.26. The van der Waals surface area contributed by atoms with Gasteiger partial charge in [0.2, 0.25) is 0 Å². The second-order valence-electron chi connectivity index (χ2n) is 4.77. The summed E-state index contributed by atoms with van der Waals surface area (Å²) in [5.74, 6) is 1.27. The van der Waals surface area contributed by atoms with E-state index in [2.05, 4.69) is 6.92 Å². The Labute approximate surface area is 85.9 Å². The van der Waals surface area contributed by atoms with Crippen LogP contribution in [0.25, 0.3) is 0 Å². The molecule has 3 heteroatoms. The van der Waals surface area contributed by atoms with E-state index >= 15 is 0 Å². The molecule has 2 aliphatic rings. The van der Waals surface area contributed by atoms with Gasteiger partial charge in [-0.3, -0.25) is 0 Å². The first-order chi connectivity index (χ1) is 6.75. The highest BCUT2D eigenvalue weighted by atomic mass is 16.5. The molecule has 0 saturated carbocycles. The average Bonchev–Trinajstić information content (AvgIpc) is 2.75. The second-order valence-corrected chi connectivity index (χ2v) is 4.77. The van der Waals surface area contributed by atoms with Crippen LogP contribution < -0.4 is 5.73 Å². The molecule has 0 aromatic carbocycles. The molecule has 0 aromatic rings. The van der Waals surface area contributed by atoms with E-state index in [1.807, 2.05) is 0 Å². The first-order valence-corrected chi connectivity index (χ1v) is 5.70. The Kier molecular flexibility index (Phi) is 3.42. The lowest BCUT2D eigenvalue weighted by Gasteiger charge is -2.20. The number of ether oxygens (including phenoxy) is 2. The Bertz CT molecular complexity index is 180. The third-order valence-electron chi connectivity index (χ3n) is 3.46. The van der Waals surface area contributed by atoms with Gasteiger partial charge >= 0.3 is 0 Å². The number of hydrogen-bond acceptors (Lipinski definition) is 3. The first-order valence-electron chi connectivity index (χ1n) is 5.70. The Morgan fingerprint density at radius 1 is 1.43 bits per heavy atom. The third-order valence-corrected chi connectivity index (χ3v) is 3.46. The van der Waals surface area contributed by atoms with Gasteiger partial charge in [-0.1, -0.05) is 0 Å². The molecule has 2 rings (SSSR count). The normalized spacial score (nSPS) is 40.3. The summed E-state index contributed by atoms with van der Waals surface area (Å²) < 4.78 is 10.9. The van der Waals surface area contributed by atoms with Gasteiger partial charge in [-0.25, -0.2) is 0 Å². The molecule has 2 saturated heterocycles. The van der Waals surface area contributed by atoms with Crippen molar-refractivity contribution in [3.63, 3.8) is 0 Å². The standard InChI is InChI=1S/C11H21NO2/c1-8-4-10(7-14-8)11(12)5-9-2-3-13-6-9/h8-11H,2-7,12H2,1H3. The van der Waals surface area contributed by atoms with Crippen LogP contribution in [0.5, 0.6) is 0 Å².